The second-order valence-electron chi connectivity index (χ2n) is 6.81. The normalized spacial score (nSPS) is 59.7. The first kappa shape index (κ1) is 10.8. The van der Waals surface area contributed by atoms with Crippen LogP contribution in [0.5, 0.6) is 0 Å². The minimum atomic E-state index is -0.111. The first-order valence-corrected chi connectivity index (χ1v) is 6.81. The van der Waals surface area contributed by atoms with Gasteiger partial charge in [0.05, 0.1) is 6.10 Å². The van der Waals surface area contributed by atoms with Gasteiger partial charge in [-0.2, -0.15) is 0 Å². The molecule has 1 heteroatoms. The van der Waals surface area contributed by atoms with Gasteiger partial charge in [-0.25, -0.2) is 0 Å². The first-order valence-electron chi connectivity index (χ1n) is 6.81. The summed E-state index contributed by atoms with van der Waals surface area (Å²) in [5, 5.41) is 10.5. The molecular formula is C15H24O. The van der Waals surface area contributed by atoms with E-state index in [1.165, 1.54) is 18.4 Å². The zero-order valence-electron chi connectivity index (χ0n) is 11.0. The van der Waals surface area contributed by atoms with Crippen molar-refractivity contribution in [2.75, 3.05) is 0 Å². The fraction of sp³-hybridized carbons (Fsp3) is 0.867. The number of hydrogen-bond acceptors (Lipinski definition) is 1. The van der Waals surface area contributed by atoms with E-state index < -0.39 is 0 Å². The van der Waals surface area contributed by atoms with E-state index in [-0.39, 0.29) is 11.5 Å². The van der Waals surface area contributed by atoms with Crippen LogP contribution >= 0.6 is 0 Å². The summed E-state index contributed by atoms with van der Waals surface area (Å²) >= 11 is 0. The summed E-state index contributed by atoms with van der Waals surface area (Å²) in [6.45, 7) is 9.34. The van der Waals surface area contributed by atoms with Crippen molar-refractivity contribution in [1.29, 1.82) is 0 Å². The third-order valence-electron chi connectivity index (χ3n) is 6.52. The van der Waals surface area contributed by atoms with Crippen molar-refractivity contribution in [2.24, 2.45) is 28.6 Å². The van der Waals surface area contributed by atoms with Gasteiger partial charge in [0.15, 0.2) is 0 Å². The molecule has 6 atom stereocenters. The maximum atomic E-state index is 10.5. The minimum Gasteiger partial charge on any atom is -0.392 e. The Morgan fingerprint density at radius 3 is 2.75 bits per heavy atom. The first-order chi connectivity index (χ1) is 7.43. The van der Waals surface area contributed by atoms with Gasteiger partial charge in [-0.1, -0.05) is 32.4 Å². The molecule has 2 unspecified atom stereocenters. The molecule has 0 bridgehead atoms. The molecule has 3 aliphatic carbocycles. The lowest BCUT2D eigenvalue weighted by Gasteiger charge is -2.43. The van der Waals surface area contributed by atoms with Gasteiger partial charge in [0.1, 0.15) is 0 Å². The average molecular weight is 220 g/mol. The van der Waals surface area contributed by atoms with Gasteiger partial charge in [0.2, 0.25) is 0 Å². The highest BCUT2D eigenvalue weighted by Crippen LogP contribution is 2.73. The molecule has 1 spiro atoms. The molecule has 0 radical (unpaired) electrons. The molecule has 3 aliphatic rings. The highest BCUT2D eigenvalue weighted by molar-refractivity contribution is 5.33. The third kappa shape index (κ3) is 0.895. The van der Waals surface area contributed by atoms with Crippen LogP contribution in [-0.4, -0.2) is 11.2 Å². The highest BCUT2D eigenvalue weighted by Gasteiger charge is 2.68. The Balaban J connectivity index is 2.15. The molecule has 0 heterocycles. The highest BCUT2D eigenvalue weighted by atomic mass is 16.3. The predicted octanol–water partition coefficient (Wildman–Crippen LogP) is 3.39. The molecule has 0 saturated heterocycles. The van der Waals surface area contributed by atoms with E-state index in [1.807, 2.05) is 0 Å². The Bertz CT molecular complexity index is 358. The van der Waals surface area contributed by atoms with Crippen LogP contribution in [0.25, 0.3) is 0 Å². The molecule has 2 fully saturated rings. The Morgan fingerprint density at radius 1 is 1.38 bits per heavy atom. The fourth-order valence-electron chi connectivity index (χ4n) is 5.51. The van der Waals surface area contributed by atoms with E-state index in [0.29, 0.717) is 11.3 Å². The minimum absolute atomic E-state index is 0.0614. The van der Waals surface area contributed by atoms with E-state index in [1.54, 1.807) is 0 Å². The summed E-state index contributed by atoms with van der Waals surface area (Å²) in [6.07, 6.45) is 6.01. The topological polar surface area (TPSA) is 20.2 Å². The van der Waals surface area contributed by atoms with Crippen molar-refractivity contribution in [3.63, 3.8) is 0 Å². The second kappa shape index (κ2) is 2.93. The van der Waals surface area contributed by atoms with Crippen LogP contribution in [0.4, 0.5) is 0 Å². The lowest BCUT2D eigenvalue weighted by atomic mass is 9.61. The maximum Gasteiger partial charge on any atom is 0.0636 e. The van der Waals surface area contributed by atoms with Crippen LogP contribution in [-0.2, 0) is 0 Å². The molecule has 90 valence electrons. The molecule has 2 saturated carbocycles. The molecule has 1 nitrogen and oxygen atoms in total. The Morgan fingerprint density at radius 2 is 2.06 bits per heavy atom. The molecule has 0 aliphatic heterocycles. The fourth-order valence-corrected chi connectivity index (χ4v) is 5.51. The molecule has 0 aromatic heterocycles. The van der Waals surface area contributed by atoms with Crippen molar-refractivity contribution >= 4 is 0 Å². The van der Waals surface area contributed by atoms with E-state index in [2.05, 4.69) is 33.8 Å². The number of aliphatic hydroxyl groups is 1. The van der Waals surface area contributed by atoms with Crippen LogP contribution in [0.1, 0.15) is 47.0 Å². The standard InChI is InChI=1S/C15H24O/c1-9-5-6-15-11(3)10(2)8-14(15,4)13(16)7-12(9)15/h8-9,11-13,16H,5-7H2,1-4H3/t9-,11?,12+,13-,14-,15?/m1/s1. The average Bonchev–Trinajstić information content (AvgIpc) is 2.72. The summed E-state index contributed by atoms with van der Waals surface area (Å²) in [6, 6.07) is 0. The summed E-state index contributed by atoms with van der Waals surface area (Å²) in [5.41, 5.74) is 1.96. The van der Waals surface area contributed by atoms with Crippen LogP contribution in [0, 0.1) is 28.6 Å². The Kier molecular flexibility index (Phi) is 1.98. The quantitative estimate of drug-likeness (QED) is 0.620. The van der Waals surface area contributed by atoms with Gasteiger partial charge in [0.25, 0.3) is 0 Å². The smallest absolute Gasteiger partial charge is 0.0636 e. The molecule has 0 amide bonds. The lowest BCUT2D eigenvalue weighted by molar-refractivity contribution is 0.0115. The van der Waals surface area contributed by atoms with Crippen LogP contribution in [0.2, 0.25) is 0 Å². The number of allylic oxidation sites excluding steroid dienone is 1. The zero-order valence-corrected chi connectivity index (χ0v) is 11.0. The second-order valence-corrected chi connectivity index (χ2v) is 6.81. The largest absolute Gasteiger partial charge is 0.392 e. The Hall–Kier alpha value is -0.300. The van der Waals surface area contributed by atoms with E-state index in [0.717, 1.165) is 18.3 Å². The van der Waals surface area contributed by atoms with Gasteiger partial charge < -0.3 is 5.11 Å². The van der Waals surface area contributed by atoms with Crippen molar-refractivity contribution in [3.8, 4) is 0 Å². The predicted molar refractivity (Wildman–Crippen MR) is 66.0 cm³/mol. The summed E-state index contributed by atoms with van der Waals surface area (Å²) < 4.78 is 0. The van der Waals surface area contributed by atoms with Gasteiger partial charge in [-0.05, 0) is 49.4 Å². The molecule has 0 aromatic carbocycles. The van der Waals surface area contributed by atoms with Crippen molar-refractivity contribution < 1.29 is 5.11 Å². The summed E-state index contributed by atoms with van der Waals surface area (Å²) in [4.78, 5) is 0. The summed E-state index contributed by atoms with van der Waals surface area (Å²) in [5.74, 6) is 2.22. The monoisotopic (exact) mass is 220 g/mol. The summed E-state index contributed by atoms with van der Waals surface area (Å²) in [7, 11) is 0. The number of rotatable bonds is 0. The van der Waals surface area contributed by atoms with E-state index in [4.69, 9.17) is 0 Å². The molecular weight excluding hydrogens is 196 g/mol. The molecule has 16 heavy (non-hydrogen) atoms. The van der Waals surface area contributed by atoms with E-state index >= 15 is 0 Å². The Labute approximate surface area is 98.9 Å². The number of aliphatic hydroxyl groups excluding tert-OH is 1. The van der Waals surface area contributed by atoms with Gasteiger partial charge in [-0.15, -0.1) is 0 Å². The van der Waals surface area contributed by atoms with Gasteiger partial charge >= 0.3 is 0 Å². The molecule has 3 rings (SSSR count). The van der Waals surface area contributed by atoms with Crippen LogP contribution < -0.4 is 0 Å². The molecule has 0 aromatic rings. The van der Waals surface area contributed by atoms with Crippen molar-refractivity contribution in [2.45, 2.75) is 53.1 Å². The van der Waals surface area contributed by atoms with E-state index in [9.17, 15) is 5.11 Å². The lowest BCUT2D eigenvalue weighted by Crippen LogP contribution is -2.41. The van der Waals surface area contributed by atoms with Crippen molar-refractivity contribution in [1.82, 2.24) is 0 Å². The third-order valence-corrected chi connectivity index (χ3v) is 6.52. The molecule has 1 N–H and O–H groups in total. The van der Waals surface area contributed by atoms with Gasteiger partial charge in [0, 0.05) is 5.41 Å². The van der Waals surface area contributed by atoms with Crippen molar-refractivity contribution in [3.05, 3.63) is 11.6 Å². The van der Waals surface area contributed by atoms with Gasteiger partial charge in [-0.3, -0.25) is 0 Å². The SMILES string of the molecule is CC1=C[C@]2(C)[C@H](O)C[C@H]3[C@H](C)CCC32C1C. The number of hydrogen-bond donors (Lipinski definition) is 1. The zero-order chi connectivity index (χ0) is 11.7. The van der Waals surface area contributed by atoms with Crippen LogP contribution in [0.15, 0.2) is 11.6 Å². The maximum absolute atomic E-state index is 10.5. The van der Waals surface area contributed by atoms with Crippen LogP contribution in [0.3, 0.4) is 0 Å².